The van der Waals surface area contributed by atoms with Crippen molar-refractivity contribution >= 4 is 6.09 Å². The third-order valence-corrected chi connectivity index (χ3v) is 3.11. The molecule has 0 fully saturated rings. The summed E-state index contributed by atoms with van der Waals surface area (Å²) < 4.78 is 5.44. The fraction of sp³-hybridized carbons (Fsp3) is 0.438. The van der Waals surface area contributed by atoms with E-state index in [1.165, 1.54) is 0 Å². The van der Waals surface area contributed by atoms with Crippen LogP contribution in [0.25, 0.3) is 0 Å². The number of carbonyl (C=O) groups is 1. The van der Waals surface area contributed by atoms with E-state index < -0.39 is 11.7 Å². The van der Waals surface area contributed by atoms with Gasteiger partial charge in [-0.05, 0) is 26.3 Å². The maximum absolute atomic E-state index is 12.4. The standard InChI is InChI=1S/C16H21NO3/c1-16(2,3)20-15(19)17-13(11-18)9-10-14(17)12-7-5-4-6-8-12/h4-10,13-14,18H,11H2,1-3H3/t13-,14+/m0/s1. The highest BCUT2D eigenvalue weighted by Crippen LogP contribution is 2.31. The Morgan fingerprint density at radius 3 is 2.45 bits per heavy atom. The van der Waals surface area contributed by atoms with E-state index >= 15 is 0 Å². The fourth-order valence-corrected chi connectivity index (χ4v) is 2.26. The van der Waals surface area contributed by atoms with E-state index in [-0.39, 0.29) is 18.7 Å². The molecule has 0 aromatic heterocycles. The minimum atomic E-state index is -0.555. The minimum absolute atomic E-state index is 0.112. The number of aliphatic hydroxyl groups excluding tert-OH is 1. The lowest BCUT2D eigenvalue weighted by atomic mass is 10.1. The predicted octanol–water partition coefficient (Wildman–Crippen LogP) is 2.90. The molecule has 1 aliphatic heterocycles. The summed E-state index contributed by atoms with van der Waals surface area (Å²) in [6.07, 6.45) is 3.37. The highest BCUT2D eigenvalue weighted by molar-refractivity contribution is 5.71. The molecule has 4 heteroatoms. The molecule has 1 aromatic carbocycles. The van der Waals surface area contributed by atoms with Crippen LogP contribution in [-0.4, -0.2) is 34.3 Å². The van der Waals surface area contributed by atoms with Crippen LogP contribution in [0, 0.1) is 0 Å². The van der Waals surface area contributed by atoms with Gasteiger partial charge in [0.15, 0.2) is 0 Å². The Kier molecular flexibility index (Phi) is 4.14. The lowest BCUT2D eigenvalue weighted by Gasteiger charge is -2.32. The second-order valence-corrected chi connectivity index (χ2v) is 5.88. The predicted molar refractivity (Wildman–Crippen MR) is 77.3 cm³/mol. The van der Waals surface area contributed by atoms with Crippen molar-refractivity contribution < 1.29 is 14.6 Å². The van der Waals surface area contributed by atoms with Crippen molar-refractivity contribution in [3.05, 3.63) is 48.0 Å². The van der Waals surface area contributed by atoms with Gasteiger partial charge in [-0.25, -0.2) is 4.79 Å². The first-order valence-corrected chi connectivity index (χ1v) is 6.78. The summed E-state index contributed by atoms with van der Waals surface area (Å²) in [5, 5.41) is 9.45. The summed E-state index contributed by atoms with van der Waals surface area (Å²) in [5.41, 5.74) is 0.451. The van der Waals surface area contributed by atoms with E-state index in [2.05, 4.69) is 0 Å². The van der Waals surface area contributed by atoms with Gasteiger partial charge < -0.3 is 9.84 Å². The van der Waals surface area contributed by atoms with Gasteiger partial charge >= 0.3 is 6.09 Å². The summed E-state index contributed by atoms with van der Waals surface area (Å²) in [6.45, 7) is 5.39. The number of ether oxygens (including phenoxy) is 1. The van der Waals surface area contributed by atoms with Gasteiger partial charge in [0, 0.05) is 0 Å². The van der Waals surface area contributed by atoms with E-state index in [4.69, 9.17) is 4.74 Å². The Hall–Kier alpha value is -1.81. The molecule has 0 spiro atoms. The van der Waals surface area contributed by atoms with Crippen LogP contribution in [0.15, 0.2) is 42.5 Å². The molecule has 0 unspecified atom stereocenters. The zero-order valence-corrected chi connectivity index (χ0v) is 12.1. The van der Waals surface area contributed by atoms with Gasteiger partial charge in [0.25, 0.3) is 0 Å². The van der Waals surface area contributed by atoms with E-state index in [1.54, 1.807) is 4.90 Å². The Labute approximate surface area is 119 Å². The van der Waals surface area contributed by atoms with E-state index in [1.807, 2.05) is 63.3 Å². The molecule has 108 valence electrons. The van der Waals surface area contributed by atoms with Gasteiger partial charge in [0.1, 0.15) is 5.60 Å². The first kappa shape index (κ1) is 14.6. The molecule has 1 heterocycles. The maximum atomic E-state index is 12.4. The van der Waals surface area contributed by atoms with Crippen LogP contribution in [0.5, 0.6) is 0 Å². The van der Waals surface area contributed by atoms with Crippen LogP contribution in [0.3, 0.4) is 0 Å². The van der Waals surface area contributed by atoms with E-state index in [0.717, 1.165) is 5.56 Å². The summed E-state index contributed by atoms with van der Waals surface area (Å²) in [6, 6.07) is 9.20. The Morgan fingerprint density at radius 2 is 1.90 bits per heavy atom. The largest absolute Gasteiger partial charge is 0.444 e. The van der Waals surface area contributed by atoms with Crippen LogP contribution in [0.2, 0.25) is 0 Å². The van der Waals surface area contributed by atoms with Crippen molar-refractivity contribution in [1.82, 2.24) is 4.90 Å². The van der Waals surface area contributed by atoms with Gasteiger partial charge in [-0.2, -0.15) is 0 Å². The van der Waals surface area contributed by atoms with Crippen molar-refractivity contribution in [2.45, 2.75) is 38.5 Å². The van der Waals surface area contributed by atoms with Gasteiger partial charge in [-0.15, -0.1) is 0 Å². The van der Waals surface area contributed by atoms with Crippen molar-refractivity contribution in [3.8, 4) is 0 Å². The monoisotopic (exact) mass is 275 g/mol. The number of aliphatic hydroxyl groups is 1. The molecular weight excluding hydrogens is 254 g/mol. The third-order valence-electron chi connectivity index (χ3n) is 3.11. The van der Waals surface area contributed by atoms with Crippen molar-refractivity contribution in [3.63, 3.8) is 0 Å². The summed E-state index contributed by atoms with van der Waals surface area (Å²) in [5.74, 6) is 0. The number of carbonyl (C=O) groups excluding carboxylic acids is 1. The van der Waals surface area contributed by atoms with Gasteiger partial charge in [-0.3, -0.25) is 4.90 Å². The van der Waals surface area contributed by atoms with Crippen LogP contribution in [-0.2, 0) is 4.74 Å². The molecule has 1 aromatic rings. The molecule has 20 heavy (non-hydrogen) atoms. The smallest absolute Gasteiger partial charge is 0.411 e. The second kappa shape index (κ2) is 5.67. The normalized spacial score (nSPS) is 22.1. The molecule has 0 aliphatic carbocycles. The molecule has 0 bridgehead atoms. The van der Waals surface area contributed by atoms with E-state index in [9.17, 15) is 9.90 Å². The molecule has 0 saturated heterocycles. The molecule has 1 aliphatic rings. The zero-order chi connectivity index (χ0) is 14.8. The van der Waals surface area contributed by atoms with Gasteiger partial charge in [0.2, 0.25) is 0 Å². The lowest BCUT2D eigenvalue weighted by molar-refractivity contribution is 0.0114. The topological polar surface area (TPSA) is 49.8 Å². The van der Waals surface area contributed by atoms with E-state index in [0.29, 0.717) is 0 Å². The van der Waals surface area contributed by atoms with Crippen LogP contribution < -0.4 is 0 Å². The SMILES string of the molecule is CC(C)(C)OC(=O)N1[C@@H](c2ccccc2)C=C[C@H]1CO. The highest BCUT2D eigenvalue weighted by Gasteiger charge is 2.36. The lowest BCUT2D eigenvalue weighted by Crippen LogP contribution is -2.43. The molecule has 4 nitrogen and oxygen atoms in total. The fourth-order valence-electron chi connectivity index (χ4n) is 2.26. The maximum Gasteiger partial charge on any atom is 0.411 e. The molecular formula is C16H21NO3. The van der Waals surface area contributed by atoms with Crippen molar-refractivity contribution in [1.29, 1.82) is 0 Å². The number of rotatable bonds is 2. The summed E-state index contributed by atoms with van der Waals surface area (Å²) in [7, 11) is 0. The van der Waals surface area contributed by atoms with Crippen LogP contribution in [0.4, 0.5) is 4.79 Å². The molecule has 1 amide bonds. The van der Waals surface area contributed by atoms with Gasteiger partial charge in [0.05, 0.1) is 18.7 Å². The third kappa shape index (κ3) is 3.20. The molecule has 0 saturated carbocycles. The number of nitrogens with zero attached hydrogens (tertiary/aromatic N) is 1. The Bertz CT molecular complexity index is 490. The first-order valence-electron chi connectivity index (χ1n) is 6.78. The summed E-state index contributed by atoms with van der Waals surface area (Å²) in [4.78, 5) is 14.0. The van der Waals surface area contributed by atoms with Crippen LogP contribution >= 0.6 is 0 Å². The van der Waals surface area contributed by atoms with Crippen molar-refractivity contribution in [2.75, 3.05) is 6.61 Å². The first-order chi connectivity index (χ1) is 9.42. The quantitative estimate of drug-likeness (QED) is 0.844. The molecule has 2 atom stereocenters. The number of benzene rings is 1. The summed E-state index contributed by atoms with van der Waals surface area (Å²) >= 11 is 0. The average Bonchev–Trinajstić information content (AvgIpc) is 2.81. The number of hydrogen-bond acceptors (Lipinski definition) is 3. The Balaban J connectivity index is 2.24. The average molecular weight is 275 g/mol. The molecule has 0 radical (unpaired) electrons. The molecule has 2 rings (SSSR count). The number of hydrogen-bond donors (Lipinski definition) is 1. The van der Waals surface area contributed by atoms with Gasteiger partial charge in [-0.1, -0.05) is 42.5 Å². The minimum Gasteiger partial charge on any atom is -0.444 e. The van der Waals surface area contributed by atoms with Crippen molar-refractivity contribution in [2.24, 2.45) is 0 Å². The van der Waals surface area contributed by atoms with Crippen LogP contribution in [0.1, 0.15) is 32.4 Å². The number of amides is 1. The highest BCUT2D eigenvalue weighted by atomic mass is 16.6. The zero-order valence-electron chi connectivity index (χ0n) is 12.1. The Morgan fingerprint density at radius 1 is 1.25 bits per heavy atom. The molecule has 1 N–H and O–H groups in total. The second-order valence-electron chi connectivity index (χ2n) is 5.88.